The minimum Gasteiger partial charge on any atom is -0.481 e. The van der Waals surface area contributed by atoms with Gasteiger partial charge in [0.25, 0.3) is 0 Å². The molecule has 0 fully saturated rings. The molecule has 1 N–H and O–H groups in total. The summed E-state index contributed by atoms with van der Waals surface area (Å²) < 4.78 is 0. The Morgan fingerprint density at radius 1 is 0.870 bits per heavy atom. The van der Waals surface area contributed by atoms with Gasteiger partial charge in [-0.2, -0.15) is 0 Å². The third-order valence-electron chi connectivity index (χ3n) is 5.52. The van der Waals surface area contributed by atoms with Crippen molar-refractivity contribution < 1.29 is 9.90 Å². The van der Waals surface area contributed by atoms with Gasteiger partial charge in [0.15, 0.2) is 0 Å². The lowest BCUT2D eigenvalue weighted by Gasteiger charge is -2.57. The van der Waals surface area contributed by atoms with Crippen molar-refractivity contribution in [3.63, 3.8) is 0 Å². The van der Waals surface area contributed by atoms with E-state index < -0.39 is 15.1 Å². The second kappa shape index (κ2) is 10.6. The second-order valence-corrected chi connectivity index (χ2v) is 15.8. The Morgan fingerprint density at radius 2 is 1.26 bits per heavy atom. The van der Waals surface area contributed by atoms with Crippen LogP contribution in [0, 0.1) is 11.8 Å². The summed E-state index contributed by atoms with van der Waals surface area (Å²) >= 11 is 0. The molecule has 0 saturated heterocycles. The van der Waals surface area contributed by atoms with E-state index in [0.717, 1.165) is 0 Å². The summed E-state index contributed by atoms with van der Waals surface area (Å²) in [4.78, 5) is 11.6. The van der Waals surface area contributed by atoms with Gasteiger partial charge in [0, 0.05) is 0 Å². The monoisotopic (exact) mass is 348 g/mol. The second-order valence-electron chi connectivity index (χ2n) is 8.77. The summed E-state index contributed by atoms with van der Waals surface area (Å²) in [6.45, 7) is 9.07. The molecule has 2 atom stereocenters. The van der Waals surface area contributed by atoms with Crippen LogP contribution in [-0.4, -0.2) is 40.8 Å². The van der Waals surface area contributed by atoms with Crippen LogP contribution >= 0.6 is 9.16 Å². The SMILES string of the molecule is CCCCC(CC)C[SH](C)(C)(CC(=O)O)CC(CC)CCCC. The molecule has 142 valence electrons. The predicted octanol–water partition coefficient (Wildman–Crippen LogP) is 5.84. The van der Waals surface area contributed by atoms with Gasteiger partial charge in [-0.05, 0) is 48.7 Å². The van der Waals surface area contributed by atoms with E-state index in [0.29, 0.717) is 17.6 Å². The number of unbranched alkanes of at least 4 members (excludes halogenated alkanes) is 2. The lowest BCUT2D eigenvalue weighted by Crippen LogP contribution is -2.36. The number of aliphatic carboxylic acids is 1. The first-order valence-electron chi connectivity index (χ1n) is 9.90. The molecular weight excluding hydrogens is 304 g/mol. The number of carboxylic acids is 1. The molecule has 0 aliphatic carbocycles. The molecule has 0 aliphatic rings. The van der Waals surface area contributed by atoms with E-state index in [-0.39, 0.29) is 0 Å². The van der Waals surface area contributed by atoms with E-state index >= 15 is 0 Å². The molecule has 0 spiro atoms. The fourth-order valence-corrected chi connectivity index (χ4v) is 10.0. The van der Waals surface area contributed by atoms with Crippen LogP contribution in [0.15, 0.2) is 0 Å². The fourth-order valence-electron chi connectivity index (χ4n) is 4.26. The molecule has 0 aromatic rings. The van der Waals surface area contributed by atoms with E-state index in [4.69, 9.17) is 0 Å². The summed E-state index contributed by atoms with van der Waals surface area (Å²) in [5.74, 6) is 3.63. The first-order chi connectivity index (χ1) is 10.7. The normalized spacial score (nSPS) is 16.5. The van der Waals surface area contributed by atoms with Crippen LogP contribution < -0.4 is 0 Å². The molecule has 0 aliphatic heterocycles. The van der Waals surface area contributed by atoms with Crippen molar-refractivity contribution in [2.24, 2.45) is 11.8 Å². The number of carbonyl (C=O) groups is 1. The highest BCUT2D eigenvalue weighted by molar-refractivity contribution is 8.49. The average Bonchev–Trinajstić information content (AvgIpc) is 2.46. The molecule has 0 amide bonds. The van der Waals surface area contributed by atoms with Gasteiger partial charge in [0.05, 0.1) is 5.75 Å². The van der Waals surface area contributed by atoms with E-state index in [2.05, 4.69) is 40.2 Å². The first-order valence-corrected chi connectivity index (χ1v) is 13.6. The standard InChI is InChI=1S/C20H44O2S/c1-7-11-13-18(9-3)15-23(5,6,17-20(21)22)16-19(10-4)14-12-8-2/h18-19,23H,7-17H2,1-6H3,(H,21,22). The smallest absolute Gasteiger partial charge is 0.310 e. The Balaban J connectivity index is 5.18. The molecule has 3 heteroatoms. The minimum absolute atomic E-state index is 0.427. The highest BCUT2D eigenvalue weighted by atomic mass is 32.3. The van der Waals surface area contributed by atoms with Gasteiger partial charge in [-0.15, -0.1) is 0 Å². The maximum absolute atomic E-state index is 11.6. The van der Waals surface area contributed by atoms with Crippen molar-refractivity contribution in [3.05, 3.63) is 0 Å². The molecule has 0 rings (SSSR count). The van der Waals surface area contributed by atoms with Gasteiger partial charge >= 0.3 is 5.97 Å². The van der Waals surface area contributed by atoms with E-state index in [9.17, 15) is 9.90 Å². The molecule has 0 radical (unpaired) electrons. The first kappa shape index (κ1) is 22.8. The van der Waals surface area contributed by atoms with Crippen LogP contribution in [0.2, 0.25) is 0 Å². The van der Waals surface area contributed by atoms with Crippen LogP contribution in [0.4, 0.5) is 0 Å². The van der Waals surface area contributed by atoms with Gasteiger partial charge < -0.3 is 5.11 Å². The van der Waals surface area contributed by atoms with Crippen LogP contribution in [-0.2, 0) is 4.79 Å². The summed E-state index contributed by atoms with van der Waals surface area (Å²) in [6, 6.07) is 0. The van der Waals surface area contributed by atoms with E-state index in [1.165, 1.54) is 62.9 Å². The molecule has 0 bridgehead atoms. The van der Waals surface area contributed by atoms with Crippen LogP contribution in [0.25, 0.3) is 0 Å². The van der Waals surface area contributed by atoms with Gasteiger partial charge in [-0.3, -0.25) is 14.0 Å². The molecule has 0 aromatic carbocycles. The molecule has 0 saturated carbocycles. The molecule has 2 nitrogen and oxygen atoms in total. The minimum atomic E-state index is -2.17. The maximum Gasteiger partial charge on any atom is 0.310 e. The van der Waals surface area contributed by atoms with Crippen molar-refractivity contribution in [1.82, 2.24) is 0 Å². The van der Waals surface area contributed by atoms with Gasteiger partial charge in [-0.1, -0.05) is 66.2 Å². The number of hydrogen-bond donors (Lipinski definition) is 2. The maximum atomic E-state index is 11.6. The number of carboxylic acid groups (broad SMARTS) is 1. The third kappa shape index (κ3) is 9.64. The lowest BCUT2D eigenvalue weighted by atomic mass is 10.0. The van der Waals surface area contributed by atoms with Crippen LogP contribution in [0.3, 0.4) is 0 Å². The van der Waals surface area contributed by atoms with Crippen LogP contribution in [0.1, 0.15) is 79.1 Å². The highest BCUT2D eigenvalue weighted by Crippen LogP contribution is 2.65. The summed E-state index contributed by atoms with van der Waals surface area (Å²) in [5.41, 5.74) is 0. The number of rotatable bonds is 14. The predicted molar refractivity (Wildman–Crippen MR) is 110 cm³/mol. The summed E-state index contributed by atoms with van der Waals surface area (Å²) in [5, 5.41) is 9.57. The van der Waals surface area contributed by atoms with Crippen molar-refractivity contribution in [1.29, 1.82) is 0 Å². The molecule has 23 heavy (non-hydrogen) atoms. The Hall–Kier alpha value is -0.180. The van der Waals surface area contributed by atoms with Crippen molar-refractivity contribution in [2.45, 2.75) is 79.1 Å². The average molecular weight is 349 g/mol. The Morgan fingerprint density at radius 3 is 1.52 bits per heavy atom. The molecule has 0 aromatic heterocycles. The lowest BCUT2D eigenvalue weighted by molar-refractivity contribution is -0.134. The zero-order chi connectivity index (χ0) is 18.0. The van der Waals surface area contributed by atoms with Crippen molar-refractivity contribution in [3.8, 4) is 0 Å². The Labute approximate surface area is 146 Å². The Kier molecular flexibility index (Phi) is 10.6. The van der Waals surface area contributed by atoms with Gasteiger partial charge in [0.1, 0.15) is 0 Å². The molecular formula is C20H44O2S. The summed E-state index contributed by atoms with van der Waals surface area (Å²) in [6.07, 6.45) is 14.8. The van der Waals surface area contributed by atoms with Crippen molar-refractivity contribution >= 4 is 15.1 Å². The largest absolute Gasteiger partial charge is 0.481 e. The third-order valence-corrected chi connectivity index (χ3v) is 10.4. The number of hydrogen-bond acceptors (Lipinski definition) is 1. The van der Waals surface area contributed by atoms with Gasteiger partial charge in [-0.25, -0.2) is 0 Å². The zero-order valence-corrected chi connectivity index (χ0v) is 17.6. The quantitative estimate of drug-likeness (QED) is 0.387. The highest BCUT2D eigenvalue weighted by Gasteiger charge is 2.37. The molecule has 0 heterocycles. The van der Waals surface area contributed by atoms with Crippen molar-refractivity contribution in [2.75, 3.05) is 29.8 Å². The topological polar surface area (TPSA) is 37.3 Å². The fraction of sp³-hybridized carbons (Fsp3) is 0.950. The Bertz CT molecular complexity index is 317. The van der Waals surface area contributed by atoms with E-state index in [1.807, 2.05) is 0 Å². The molecule has 2 unspecified atom stereocenters. The van der Waals surface area contributed by atoms with E-state index in [1.54, 1.807) is 0 Å². The van der Waals surface area contributed by atoms with Gasteiger partial charge in [0.2, 0.25) is 0 Å². The number of thiol groups is 1. The summed E-state index contributed by atoms with van der Waals surface area (Å²) in [7, 11) is -2.17. The van der Waals surface area contributed by atoms with Crippen LogP contribution in [0.5, 0.6) is 0 Å². The zero-order valence-electron chi connectivity index (χ0n) is 16.7.